The molecule has 2 N–H and O–H groups in total. The van der Waals surface area contributed by atoms with E-state index in [1.165, 1.54) is 31.4 Å². The molecule has 27 heavy (non-hydrogen) atoms. The van der Waals surface area contributed by atoms with Crippen LogP contribution in [0, 0.1) is 0 Å². The highest BCUT2D eigenvalue weighted by Gasteiger charge is 2.16. The maximum atomic E-state index is 12.4. The summed E-state index contributed by atoms with van der Waals surface area (Å²) < 4.78 is 30.7. The van der Waals surface area contributed by atoms with Crippen LogP contribution < -0.4 is 10.0 Å². The van der Waals surface area contributed by atoms with Crippen LogP contribution in [0.15, 0.2) is 53.4 Å². The average molecular weight is 409 g/mol. The normalized spacial score (nSPS) is 11.0. The molecule has 7 nitrogen and oxygen atoms in total. The summed E-state index contributed by atoms with van der Waals surface area (Å²) in [6, 6.07) is 13.0. The Kier molecular flexibility index (Phi) is 7.40. The molecule has 0 heterocycles. The van der Waals surface area contributed by atoms with Gasteiger partial charge < -0.3 is 10.1 Å². The number of hydrogen-bond donors (Lipinski definition) is 2. The Hall–Kier alpha value is -2.36. The van der Waals surface area contributed by atoms with E-state index in [4.69, 9.17) is 0 Å². The van der Waals surface area contributed by atoms with E-state index in [0.29, 0.717) is 11.3 Å². The molecule has 0 saturated carbocycles. The van der Waals surface area contributed by atoms with E-state index in [0.717, 1.165) is 11.3 Å². The van der Waals surface area contributed by atoms with Gasteiger partial charge in [0.2, 0.25) is 10.0 Å². The van der Waals surface area contributed by atoms with Crippen molar-refractivity contribution in [2.45, 2.75) is 10.6 Å². The first-order chi connectivity index (χ1) is 12.9. The van der Waals surface area contributed by atoms with Crippen LogP contribution in [-0.2, 0) is 25.3 Å². The van der Waals surface area contributed by atoms with Crippen molar-refractivity contribution in [2.75, 3.05) is 25.2 Å². The molecule has 0 unspecified atom stereocenters. The van der Waals surface area contributed by atoms with Crippen LogP contribution in [0.4, 0.5) is 5.69 Å². The summed E-state index contributed by atoms with van der Waals surface area (Å²) in [5.74, 6) is -0.157. The molecule has 0 bridgehead atoms. The van der Waals surface area contributed by atoms with Crippen molar-refractivity contribution in [3.05, 3.63) is 59.7 Å². The van der Waals surface area contributed by atoms with Gasteiger partial charge in [-0.3, -0.25) is 9.59 Å². The number of carbonyl (C=O) groups is 2. The highest BCUT2D eigenvalue weighted by molar-refractivity contribution is 7.97. The quantitative estimate of drug-likeness (QED) is 0.650. The number of amides is 1. The number of esters is 1. The number of benzene rings is 2. The zero-order valence-corrected chi connectivity index (χ0v) is 16.5. The summed E-state index contributed by atoms with van der Waals surface area (Å²) in [5.41, 5.74) is 2.04. The summed E-state index contributed by atoms with van der Waals surface area (Å²) in [6.07, 6.45) is 1.99. The van der Waals surface area contributed by atoms with Crippen LogP contribution in [-0.4, -0.2) is 40.2 Å². The molecule has 2 aromatic carbocycles. The molecular formula is C18H20N2O5S2. The maximum Gasteiger partial charge on any atom is 0.320 e. The molecule has 0 aromatic heterocycles. The first-order valence-electron chi connectivity index (χ1n) is 7.91. The Balaban J connectivity index is 2.06. The van der Waals surface area contributed by atoms with Gasteiger partial charge in [-0.1, -0.05) is 12.1 Å². The topological polar surface area (TPSA) is 102 Å². The predicted molar refractivity (Wildman–Crippen MR) is 105 cm³/mol. The third kappa shape index (κ3) is 6.09. The summed E-state index contributed by atoms with van der Waals surface area (Å²) in [7, 11) is -2.67. The lowest BCUT2D eigenvalue weighted by molar-refractivity contribution is -0.139. The second-order valence-electron chi connectivity index (χ2n) is 5.51. The Morgan fingerprint density at radius 2 is 1.81 bits per heavy atom. The Bertz CT molecular complexity index is 912. The van der Waals surface area contributed by atoms with Crippen molar-refractivity contribution in [1.29, 1.82) is 0 Å². The van der Waals surface area contributed by atoms with Crippen LogP contribution in [0.5, 0.6) is 0 Å². The minimum atomic E-state index is -3.84. The van der Waals surface area contributed by atoms with Crippen LogP contribution in [0.3, 0.4) is 0 Å². The van der Waals surface area contributed by atoms with Gasteiger partial charge >= 0.3 is 5.97 Å². The number of ether oxygens (including phenoxy) is 1. The zero-order valence-electron chi connectivity index (χ0n) is 14.9. The highest BCUT2D eigenvalue weighted by Crippen LogP contribution is 2.16. The average Bonchev–Trinajstić information content (AvgIpc) is 2.67. The van der Waals surface area contributed by atoms with Crippen molar-refractivity contribution in [2.24, 2.45) is 0 Å². The van der Waals surface area contributed by atoms with E-state index in [-0.39, 0.29) is 10.8 Å². The number of methoxy groups -OCH3 is 1. The van der Waals surface area contributed by atoms with Crippen LogP contribution >= 0.6 is 11.8 Å². The van der Waals surface area contributed by atoms with E-state index in [1.54, 1.807) is 17.8 Å². The standard InChI is InChI=1S/C18H20N2O5S2/c1-25-17(21)11-19-27(23,24)16-8-6-15(7-9-16)20-18(22)14-5-3-4-13(10-14)12-26-2/h3-10,19H,11-12H2,1-2H3,(H,20,22). The van der Waals surface area contributed by atoms with Gasteiger partial charge in [0.15, 0.2) is 0 Å². The van der Waals surface area contributed by atoms with Crippen molar-refractivity contribution in [1.82, 2.24) is 4.72 Å². The fourth-order valence-electron chi connectivity index (χ4n) is 2.20. The van der Waals surface area contributed by atoms with Gasteiger partial charge in [-0.05, 0) is 48.2 Å². The largest absolute Gasteiger partial charge is 0.468 e. The van der Waals surface area contributed by atoms with Crippen molar-refractivity contribution in [3.63, 3.8) is 0 Å². The van der Waals surface area contributed by atoms with Gasteiger partial charge in [0, 0.05) is 17.0 Å². The number of rotatable bonds is 8. The molecule has 2 aromatic rings. The number of sulfonamides is 1. The number of thioether (sulfide) groups is 1. The molecule has 0 aliphatic rings. The molecule has 144 valence electrons. The maximum absolute atomic E-state index is 12.4. The minimum Gasteiger partial charge on any atom is -0.468 e. The molecule has 0 spiro atoms. The van der Waals surface area contributed by atoms with Crippen molar-refractivity contribution >= 4 is 39.3 Å². The second kappa shape index (κ2) is 9.54. The first kappa shape index (κ1) is 20.9. The molecular weight excluding hydrogens is 388 g/mol. The minimum absolute atomic E-state index is 0.0219. The zero-order chi connectivity index (χ0) is 19.9. The fourth-order valence-corrected chi connectivity index (χ4v) is 3.68. The molecule has 0 aliphatic carbocycles. The number of anilines is 1. The third-order valence-electron chi connectivity index (χ3n) is 3.56. The van der Waals surface area contributed by atoms with E-state index in [2.05, 4.69) is 14.8 Å². The molecule has 2 rings (SSSR count). The van der Waals surface area contributed by atoms with Gasteiger partial charge in [0.25, 0.3) is 5.91 Å². The second-order valence-corrected chi connectivity index (χ2v) is 8.15. The predicted octanol–water partition coefficient (Wildman–Crippen LogP) is 2.25. The van der Waals surface area contributed by atoms with Crippen LogP contribution in [0.2, 0.25) is 0 Å². The third-order valence-corrected chi connectivity index (χ3v) is 5.60. The number of hydrogen-bond acceptors (Lipinski definition) is 6. The summed E-state index contributed by atoms with van der Waals surface area (Å²) in [5, 5.41) is 2.73. The van der Waals surface area contributed by atoms with E-state index in [1.807, 2.05) is 24.5 Å². The monoisotopic (exact) mass is 408 g/mol. The summed E-state index contributed by atoms with van der Waals surface area (Å²) in [6.45, 7) is -0.455. The fraction of sp³-hybridized carbons (Fsp3) is 0.222. The van der Waals surface area contributed by atoms with E-state index >= 15 is 0 Å². The van der Waals surface area contributed by atoms with Crippen LogP contribution in [0.25, 0.3) is 0 Å². The molecule has 0 saturated heterocycles. The molecule has 9 heteroatoms. The van der Waals surface area contributed by atoms with Gasteiger partial charge in [-0.25, -0.2) is 8.42 Å². The van der Waals surface area contributed by atoms with Gasteiger partial charge in [-0.2, -0.15) is 16.5 Å². The molecule has 0 aliphatic heterocycles. The van der Waals surface area contributed by atoms with E-state index in [9.17, 15) is 18.0 Å². The van der Waals surface area contributed by atoms with Gasteiger partial charge in [0.1, 0.15) is 6.54 Å². The molecule has 0 fully saturated rings. The van der Waals surface area contributed by atoms with Gasteiger partial charge in [0.05, 0.1) is 12.0 Å². The van der Waals surface area contributed by atoms with Gasteiger partial charge in [-0.15, -0.1) is 0 Å². The lowest BCUT2D eigenvalue weighted by Gasteiger charge is -2.09. The molecule has 1 amide bonds. The molecule has 0 radical (unpaired) electrons. The lowest BCUT2D eigenvalue weighted by atomic mass is 10.1. The smallest absolute Gasteiger partial charge is 0.320 e. The summed E-state index contributed by atoms with van der Waals surface area (Å²) >= 11 is 1.67. The first-order valence-corrected chi connectivity index (χ1v) is 10.8. The Morgan fingerprint density at radius 1 is 1.11 bits per heavy atom. The number of carbonyl (C=O) groups excluding carboxylic acids is 2. The van der Waals surface area contributed by atoms with Crippen LogP contribution in [0.1, 0.15) is 15.9 Å². The van der Waals surface area contributed by atoms with Crippen molar-refractivity contribution in [3.8, 4) is 0 Å². The SMILES string of the molecule is COC(=O)CNS(=O)(=O)c1ccc(NC(=O)c2cccc(CSC)c2)cc1. The molecule has 0 atom stereocenters. The highest BCUT2D eigenvalue weighted by atomic mass is 32.2. The summed E-state index contributed by atoms with van der Waals surface area (Å²) in [4.78, 5) is 23.4. The Morgan fingerprint density at radius 3 is 2.44 bits per heavy atom. The lowest BCUT2D eigenvalue weighted by Crippen LogP contribution is -2.30. The van der Waals surface area contributed by atoms with Crippen molar-refractivity contribution < 1.29 is 22.7 Å². The Labute approximate surface area is 162 Å². The number of nitrogens with one attached hydrogen (secondary N) is 2. The van der Waals surface area contributed by atoms with E-state index < -0.39 is 22.5 Å².